The Morgan fingerprint density at radius 2 is 2.12 bits per heavy atom. The standard InChI is InChI=1S/C21H29NO2/c23-16-7-6-15-12-20-18-5-1-2-8-21(18,19(15)13-16)9-10-22(20)14-17-4-3-11-24-17/h6-7,13,17-18,20,23H,1-5,8-12,14H2/t17?,18-,20+,21+/m0/s1. The molecule has 5 rings (SSSR count). The van der Waals surface area contributed by atoms with Crippen molar-refractivity contribution in [3.05, 3.63) is 29.3 Å². The van der Waals surface area contributed by atoms with Crippen LogP contribution in [-0.2, 0) is 16.6 Å². The number of hydrogen-bond acceptors (Lipinski definition) is 3. The van der Waals surface area contributed by atoms with Crippen LogP contribution in [0.1, 0.15) is 56.1 Å². The van der Waals surface area contributed by atoms with E-state index in [9.17, 15) is 5.11 Å². The van der Waals surface area contributed by atoms with Crippen LogP contribution in [0.3, 0.4) is 0 Å². The predicted octanol–water partition coefficient (Wildman–Crippen LogP) is 3.63. The van der Waals surface area contributed by atoms with Crippen LogP contribution in [0.2, 0.25) is 0 Å². The predicted molar refractivity (Wildman–Crippen MR) is 94.4 cm³/mol. The number of hydrogen-bond donors (Lipinski definition) is 1. The van der Waals surface area contributed by atoms with Gasteiger partial charge in [-0.05, 0) is 74.2 Å². The minimum Gasteiger partial charge on any atom is -0.508 e. The summed E-state index contributed by atoms with van der Waals surface area (Å²) in [6, 6.07) is 6.86. The van der Waals surface area contributed by atoms with Gasteiger partial charge in [-0.15, -0.1) is 0 Å². The van der Waals surface area contributed by atoms with Crippen LogP contribution in [0.5, 0.6) is 5.75 Å². The Kier molecular flexibility index (Phi) is 3.64. The molecule has 0 spiro atoms. The smallest absolute Gasteiger partial charge is 0.115 e. The highest BCUT2D eigenvalue weighted by molar-refractivity contribution is 5.45. The average molecular weight is 327 g/mol. The molecule has 4 atom stereocenters. The van der Waals surface area contributed by atoms with Gasteiger partial charge in [0.25, 0.3) is 0 Å². The first-order chi connectivity index (χ1) is 11.8. The van der Waals surface area contributed by atoms with Crippen molar-refractivity contribution in [2.45, 2.75) is 68.9 Å². The molecule has 1 aromatic rings. The fraction of sp³-hybridized carbons (Fsp3) is 0.714. The summed E-state index contributed by atoms with van der Waals surface area (Å²) in [5.41, 5.74) is 3.32. The van der Waals surface area contributed by atoms with Crippen LogP contribution < -0.4 is 0 Å². The lowest BCUT2D eigenvalue weighted by atomic mass is 9.52. The van der Waals surface area contributed by atoms with E-state index in [4.69, 9.17) is 4.74 Å². The van der Waals surface area contributed by atoms with Crippen LogP contribution in [0.15, 0.2) is 18.2 Å². The highest BCUT2D eigenvalue weighted by atomic mass is 16.5. The molecule has 4 aliphatic rings. The van der Waals surface area contributed by atoms with Crippen molar-refractivity contribution >= 4 is 0 Å². The van der Waals surface area contributed by atoms with Crippen LogP contribution in [-0.4, -0.2) is 41.8 Å². The third-order valence-corrected chi connectivity index (χ3v) is 7.40. The third-order valence-electron chi connectivity index (χ3n) is 7.40. The van der Waals surface area contributed by atoms with Gasteiger partial charge in [0, 0.05) is 24.6 Å². The van der Waals surface area contributed by atoms with Gasteiger partial charge in [0.2, 0.25) is 0 Å². The first kappa shape index (κ1) is 15.2. The van der Waals surface area contributed by atoms with Crippen LogP contribution >= 0.6 is 0 Å². The molecule has 3 fully saturated rings. The molecule has 2 aliphatic heterocycles. The molecule has 2 aliphatic carbocycles. The Morgan fingerprint density at radius 3 is 3.00 bits per heavy atom. The van der Waals surface area contributed by atoms with E-state index in [1.807, 2.05) is 6.07 Å². The van der Waals surface area contributed by atoms with E-state index in [-0.39, 0.29) is 0 Å². The molecular formula is C21H29NO2. The second-order valence-electron chi connectivity index (χ2n) is 8.50. The van der Waals surface area contributed by atoms with Crippen molar-refractivity contribution in [3.63, 3.8) is 0 Å². The van der Waals surface area contributed by atoms with Gasteiger partial charge in [0.1, 0.15) is 5.75 Å². The first-order valence-corrected chi connectivity index (χ1v) is 9.94. The van der Waals surface area contributed by atoms with Crippen molar-refractivity contribution in [3.8, 4) is 5.75 Å². The van der Waals surface area contributed by atoms with E-state index in [1.54, 1.807) is 0 Å². The van der Waals surface area contributed by atoms with Gasteiger partial charge in [-0.2, -0.15) is 0 Å². The topological polar surface area (TPSA) is 32.7 Å². The largest absolute Gasteiger partial charge is 0.508 e. The molecule has 0 amide bonds. The zero-order chi connectivity index (χ0) is 16.1. The maximum Gasteiger partial charge on any atom is 0.115 e. The molecule has 0 radical (unpaired) electrons. The fourth-order valence-corrected chi connectivity index (χ4v) is 6.35. The Hall–Kier alpha value is -1.06. The molecule has 24 heavy (non-hydrogen) atoms. The summed E-state index contributed by atoms with van der Waals surface area (Å²) >= 11 is 0. The number of rotatable bonds is 2. The number of aromatic hydroxyl groups is 1. The SMILES string of the molecule is Oc1ccc2c(c1)[C@@]13CCCC[C@H]1[C@@H](C2)N(CC1CCCO1)CC3. The van der Waals surface area contributed by atoms with Gasteiger partial charge in [-0.1, -0.05) is 18.9 Å². The first-order valence-electron chi connectivity index (χ1n) is 9.94. The molecule has 1 aromatic carbocycles. The fourth-order valence-electron chi connectivity index (χ4n) is 6.35. The average Bonchev–Trinajstić information content (AvgIpc) is 3.11. The minimum absolute atomic E-state index is 0.336. The van der Waals surface area contributed by atoms with Gasteiger partial charge in [-0.25, -0.2) is 0 Å². The maximum absolute atomic E-state index is 10.1. The van der Waals surface area contributed by atoms with Gasteiger partial charge in [-0.3, -0.25) is 4.90 Å². The highest BCUT2D eigenvalue weighted by Crippen LogP contribution is 2.56. The third kappa shape index (κ3) is 2.24. The van der Waals surface area contributed by atoms with Crippen molar-refractivity contribution < 1.29 is 9.84 Å². The Labute approximate surface area is 145 Å². The molecule has 1 unspecified atom stereocenters. The molecule has 3 nitrogen and oxygen atoms in total. The van der Waals surface area contributed by atoms with E-state index in [1.165, 1.54) is 62.6 Å². The number of likely N-dealkylation sites (tertiary alicyclic amines) is 1. The molecule has 2 heterocycles. The van der Waals surface area contributed by atoms with Gasteiger partial charge >= 0.3 is 0 Å². The van der Waals surface area contributed by atoms with Crippen molar-refractivity contribution in [2.24, 2.45) is 5.92 Å². The number of benzene rings is 1. The Balaban J connectivity index is 1.51. The summed E-state index contributed by atoms with van der Waals surface area (Å²) < 4.78 is 5.94. The number of piperidine rings is 1. The van der Waals surface area contributed by atoms with Crippen molar-refractivity contribution in [1.82, 2.24) is 4.90 Å². The van der Waals surface area contributed by atoms with E-state index in [0.717, 1.165) is 25.5 Å². The Morgan fingerprint density at radius 1 is 1.17 bits per heavy atom. The lowest BCUT2D eigenvalue weighted by Crippen LogP contribution is -2.61. The van der Waals surface area contributed by atoms with Gasteiger partial charge in [0.05, 0.1) is 6.10 Å². The number of nitrogens with zero attached hydrogens (tertiary/aromatic N) is 1. The highest BCUT2D eigenvalue weighted by Gasteiger charge is 2.53. The van der Waals surface area contributed by atoms with Crippen molar-refractivity contribution in [2.75, 3.05) is 19.7 Å². The molecule has 2 saturated heterocycles. The van der Waals surface area contributed by atoms with Crippen LogP contribution in [0, 0.1) is 5.92 Å². The number of fused-ring (bicyclic) bond motifs is 1. The van der Waals surface area contributed by atoms with Gasteiger partial charge in [0.15, 0.2) is 0 Å². The number of ether oxygens (including phenoxy) is 1. The quantitative estimate of drug-likeness (QED) is 0.900. The van der Waals surface area contributed by atoms with Crippen molar-refractivity contribution in [1.29, 1.82) is 0 Å². The zero-order valence-corrected chi connectivity index (χ0v) is 14.5. The summed E-state index contributed by atoms with van der Waals surface area (Å²) in [6.07, 6.45) is 10.8. The number of phenols is 1. The summed E-state index contributed by atoms with van der Waals surface area (Å²) in [5, 5.41) is 10.1. The molecule has 3 heteroatoms. The minimum atomic E-state index is 0.336. The monoisotopic (exact) mass is 327 g/mol. The lowest BCUT2D eigenvalue weighted by molar-refractivity contribution is -0.0347. The van der Waals surface area contributed by atoms with Crippen LogP contribution in [0.4, 0.5) is 0 Å². The molecule has 130 valence electrons. The summed E-state index contributed by atoms with van der Waals surface area (Å²) in [5.74, 6) is 1.23. The van der Waals surface area contributed by atoms with E-state index >= 15 is 0 Å². The van der Waals surface area contributed by atoms with E-state index < -0.39 is 0 Å². The van der Waals surface area contributed by atoms with Gasteiger partial charge < -0.3 is 9.84 Å². The summed E-state index contributed by atoms with van der Waals surface area (Å²) in [4.78, 5) is 2.76. The molecule has 1 N–H and O–H groups in total. The second kappa shape index (κ2) is 5.74. The maximum atomic E-state index is 10.1. The molecular weight excluding hydrogens is 298 g/mol. The normalized spacial score (nSPS) is 38.6. The molecule has 1 saturated carbocycles. The summed E-state index contributed by atoms with van der Waals surface area (Å²) in [6.45, 7) is 3.29. The van der Waals surface area contributed by atoms with E-state index in [0.29, 0.717) is 23.3 Å². The lowest BCUT2D eigenvalue weighted by Gasteiger charge is -2.59. The van der Waals surface area contributed by atoms with E-state index in [2.05, 4.69) is 17.0 Å². The second-order valence-corrected chi connectivity index (χ2v) is 8.50. The summed E-state index contributed by atoms with van der Waals surface area (Å²) in [7, 11) is 0. The van der Waals surface area contributed by atoms with Crippen LogP contribution in [0.25, 0.3) is 0 Å². The zero-order valence-electron chi connectivity index (χ0n) is 14.5. The molecule has 2 bridgehead atoms. The number of phenolic OH excluding ortho intramolecular Hbond substituents is 1. The Bertz CT molecular complexity index is 624. The molecule has 0 aromatic heterocycles.